The van der Waals surface area contributed by atoms with Gasteiger partial charge in [0.2, 0.25) is 5.91 Å². The van der Waals surface area contributed by atoms with Crippen LogP contribution in [0.25, 0.3) is 0 Å². The Balaban J connectivity index is 1.37. The first-order valence-electron chi connectivity index (χ1n) is 13.0. The van der Waals surface area contributed by atoms with Gasteiger partial charge >= 0.3 is 0 Å². The van der Waals surface area contributed by atoms with E-state index in [1.54, 1.807) is 7.11 Å². The summed E-state index contributed by atoms with van der Waals surface area (Å²) in [6.07, 6.45) is 14.6. The Hall–Kier alpha value is -1.88. The normalized spacial score (nSPS) is 26.9. The van der Waals surface area contributed by atoms with E-state index in [1.165, 1.54) is 68.9 Å². The Kier molecular flexibility index (Phi) is 6.76. The average molecular weight is 526 g/mol. The van der Waals surface area contributed by atoms with E-state index in [4.69, 9.17) is 4.74 Å². The van der Waals surface area contributed by atoms with Gasteiger partial charge in [0, 0.05) is 23.1 Å². The zero-order valence-electron chi connectivity index (χ0n) is 20.6. The third kappa shape index (κ3) is 4.53. The summed E-state index contributed by atoms with van der Waals surface area (Å²) in [4.78, 5) is 20.5. The van der Waals surface area contributed by atoms with Crippen LogP contribution >= 0.6 is 15.9 Å². The molecule has 4 saturated carbocycles. The second-order valence-corrected chi connectivity index (χ2v) is 12.0. The zero-order valence-corrected chi connectivity index (χ0v) is 22.2. The first-order valence-corrected chi connectivity index (χ1v) is 13.8. The lowest BCUT2D eigenvalue weighted by Gasteiger charge is -2.55. The predicted molar refractivity (Wildman–Crippen MR) is 140 cm³/mol. The third-order valence-electron chi connectivity index (χ3n) is 9.11. The highest BCUT2D eigenvalue weighted by atomic mass is 79.9. The number of hydrogen-bond donors (Lipinski definition) is 0. The first-order chi connectivity index (χ1) is 16.4. The summed E-state index contributed by atoms with van der Waals surface area (Å²) < 4.78 is 6.48. The fourth-order valence-electron chi connectivity index (χ4n) is 6.86. The van der Waals surface area contributed by atoms with E-state index >= 15 is 0 Å². The van der Waals surface area contributed by atoms with Crippen LogP contribution in [0.15, 0.2) is 41.0 Å². The quantitative estimate of drug-likeness (QED) is 0.396. The van der Waals surface area contributed by atoms with Gasteiger partial charge in [-0.1, -0.05) is 47.3 Å². The molecule has 6 rings (SSSR count). The van der Waals surface area contributed by atoms with E-state index < -0.39 is 0 Å². The predicted octanol–water partition coefficient (Wildman–Crippen LogP) is 7.37. The summed E-state index contributed by atoms with van der Waals surface area (Å²) in [6, 6.07) is 10.7. The van der Waals surface area contributed by atoms with Gasteiger partial charge in [0.05, 0.1) is 7.11 Å². The van der Waals surface area contributed by atoms with Crippen LogP contribution in [0, 0.1) is 18.3 Å². The minimum atomic E-state index is 0.152. The maximum atomic E-state index is 13.8. The smallest absolute Gasteiger partial charge is 0.231 e. The average Bonchev–Trinajstić information content (AvgIpc) is 2.88. The van der Waals surface area contributed by atoms with Crippen LogP contribution in [0.4, 0.5) is 5.82 Å². The van der Waals surface area contributed by atoms with Crippen molar-refractivity contribution in [3.63, 3.8) is 0 Å². The second-order valence-electron chi connectivity index (χ2n) is 11.1. The minimum Gasteiger partial charge on any atom is -0.496 e. The number of pyridine rings is 1. The number of nitrogens with zero attached hydrogens (tertiary/aromatic N) is 2. The molecule has 4 aliphatic carbocycles. The van der Waals surface area contributed by atoms with Crippen LogP contribution in [0.3, 0.4) is 0 Å². The molecule has 182 valence electrons. The van der Waals surface area contributed by atoms with Gasteiger partial charge in [-0.05, 0) is 98.4 Å². The lowest BCUT2D eigenvalue weighted by Crippen LogP contribution is -2.51. The van der Waals surface area contributed by atoms with Crippen molar-refractivity contribution >= 4 is 27.7 Å². The van der Waals surface area contributed by atoms with Crippen molar-refractivity contribution in [2.45, 2.75) is 83.0 Å². The van der Waals surface area contributed by atoms with Gasteiger partial charge in [-0.25, -0.2) is 4.98 Å². The number of anilines is 1. The molecule has 1 aromatic heterocycles. The van der Waals surface area contributed by atoms with Gasteiger partial charge in [-0.3, -0.25) is 9.69 Å². The number of ether oxygens (including phenoxy) is 1. The van der Waals surface area contributed by atoms with E-state index in [0.717, 1.165) is 35.4 Å². The zero-order chi connectivity index (χ0) is 23.8. The summed E-state index contributed by atoms with van der Waals surface area (Å²) in [7, 11) is 1.75. The Morgan fingerprint density at radius 1 is 1.06 bits per heavy atom. The molecule has 0 N–H and O–H groups in total. The van der Waals surface area contributed by atoms with Gasteiger partial charge in [0.1, 0.15) is 11.6 Å². The highest BCUT2D eigenvalue weighted by molar-refractivity contribution is 9.10. The number of carbonyl (C=O) groups is 1. The largest absolute Gasteiger partial charge is 0.496 e. The molecule has 4 nitrogen and oxygen atoms in total. The van der Waals surface area contributed by atoms with E-state index in [2.05, 4.69) is 50.9 Å². The maximum absolute atomic E-state index is 13.8. The van der Waals surface area contributed by atoms with Gasteiger partial charge in [0.25, 0.3) is 0 Å². The van der Waals surface area contributed by atoms with Gasteiger partial charge in [0.15, 0.2) is 0 Å². The molecule has 0 radical (unpaired) electrons. The molecule has 0 atom stereocenters. The molecule has 1 aromatic carbocycles. The molecule has 0 aliphatic heterocycles. The van der Waals surface area contributed by atoms with Crippen LogP contribution in [0.2, 0.25) is 0 Å². The number of carbonyl (C=O) groups excluding carboxylic acids is 1. The Bertz CT molecular complexity index is 1020. The van der Waals surface area contributed by atoms with E-state index in [9.17, 15) is 4.79 Å². The van der Waals surface area contributed by atoms with Crippen LogP contribution in [-0.2, 0) is 10.2 Å². The molecular formula is C29H37BrN2O2. The molecule has 34 heavy (non-hydrogen) atoms. The molecule has 1 heterocycles. The monoisotopic (exact) mass is 524 g/mol. The highest BCUT2D eigenvalue weighted by Crippen LogP contribution is 2.58. The highest BCUT2D eigenvalue weighted by Gasteiger charge is 2.50. The summed E-state index contributed by atoms with van der Waals surface area (Å²) >= 11 is 3.60. The van der Waals surface area contributed by atoms with Crippen molar-refractivity contribution in [2.24, 2.45) is 11.3 Å². The lowest BCUT2D eigenvalue weighted by molar-refractivity contribution is -0.124. The van der Waals surface area contributed by atoms with Gasteiger partial charge < -0.3 is 4.74 Å². The second kappa shape index (κ2) is 9.64. The molecule has 4 fully saturated rings. The fourth-order valence-corrected chi connectivity index (χ4v) is 7.18. The molecule has 1 amide bonds. The topological polar surface area (TPSA) is 42.4 Å². The molecular weight excluding hydrogens is 488 g/mol. The Morgan fingerprint density at radius 2 is 1.76 bits per heavy atom. The van der Waals surface area contributed by atoms with Crippen molar-refractivity contribution in [3.05, 3.63) is 52.1 Å². The van der Waals surface area contributed by atoms with E-state index in [-0.39, 0.29) is 16.7 Å². The number of rotatable bonds is 6. The number of amides is 1. The Morgan fingerprint density at radius 3 is 2.38 bits per heavy atom. The molecule has 2 aromatic rings. The van der Waals surface area contributed by atoms with Crippen LogP contribution in [-0.4, -0.2) is 24.5 Å². The number of hydrogen-bond acceptors (Lipinski definition) is 3. The SMILES string of the molecule is COc1ccc(C23CCC(CN(C(=O)C4CCCCC4)c4cc(Br)ccn4)(CC2)CC3)cc1C. The van der Waals surface area contributed by atoms with Crippen LogP contribution in [0.5, 0.6) is 5.75 Å². The van der Waals surface area contributed by atoms with Crippen molar-refractivity contribution in [3.8, 4) is 5.75 Å². The number of fused-ring (bicyclic) bond motifs is 3. The first kappa shape index (κ1) is 23.8. The minimum absolute atomic E-state index is 0.152. The standard InChI is InChI=1S/C29H37BrN2O2/c1-21-18-23(8-9-25(21)34-2)29-14-11-28(12-15-29,13-16-29)20-32(26-19-24(30)10-17-31-26)27(33)22-6-4-3-5-7-22/h8-10,17-19,22H,3-7,11-16,20H2,1-2H3. The summed E-state index contributed by atoms with van der Waals surface area (Å²) in [6.45, 7) is 2.96. The van der Waals surface area contributed by atoms with Crippen molar-refractivity contribution in [1.29, 1.82) is 0 Å². The number of aromatic nitrogens is 1. The summed E-state index contributed by atoms with van der Waals surface area (Å²) in [5.41, 5.74) is 3.19. The fraction of sp³-hybridized carbons (Fsp3) is 0.586. The van der Waals surface area contributed by atoms with Crippen LogP contribution in [0.1, 0.15) is 81.8 Å². The molecule has 5 heteroatoms. The molecule has 0 spiro atoms. The third-order valence-corrected chi connectivity index (χ3v) is 9.60. The lowest BCUT2D eigenvalue weighted by atomic mass is 9.51. The molecule has 2 bridgehead atoms. The van der Waals surface area contributed by atoms with Gasteiger partial charge in [-0.2, -0.15) is 0 Å². The number of benzene rings is 1. The van der Waals surface area contributed by atoms with E-state index in [1.807, 2.05) is 18.3 Å². The van der Waals surface area contributed by atoms with Crippen LogP contribution < -0.4 is 9.64 Å². The molecule has 4 aliphatic rings. The summed E-state index contributed by atoms with van der Waals surface area (Å²) in [5, 5.41) is 0. The number of methoxy groups -OCH3 is 1. The number of aryl methyl sites for hydroxylation is 1. The maximum Gasteiger partial charge on any atom is 0.231 e. The van der Waals surface area contributed by atoms with E-state index in [0.29, 0.717) is 5.91 Å². The summed E-state index contributed by atoms with van der Waals surface area (Å²) in [5.74, 6) is 2.24. The van der Waals surface area contributed by atoms with Gasteiger partial charge in [-0.15, -0.1) is 0 Å². The Labute approximate surface area is 212 Å². The molecule has 0 saturated heterocycles. The molecule has 0 unspecified atom stereocenters. The van der Waals surface area contributed by atoms with Crippen molar-refractivity contribution < 1.29 is 9.53 Å². The number of halogens is 1. The van der Waals surface area contributed by atoms with Crippen molar-refractivity contribution in [1.82, 2.24) is 4.98 Å². The van der Waals surface area contributed by atoms with Crippen molar-refractivity contribution in [2.75, 3.05) is 18.6 Å².